The van der Waals surface area contributed by atoms with Crippen LogP contribution >= 0.6 is 0 Å². The summed E-state index contributed by atoms with van der Waals surface area (Å²) in [5, 5.41) is 56.8. The molecule has 0 fully saturated rings. The molecule has 0 spiro atoms. The maximum Gasteiger partial charge on any atom is 0.322 e. The van der Waals surface area contributed by atoms with Gasteiger partial charge in [0.05, 0.1) is 22.8 Å². The van der Waals surface area contributed by atoms with Crippen molar-refractivity contribution in [1.29, 1.82) is 0 Å². The van der Waals surface area contributed by atoms with E-state index >= 15 is 19.2 Å². The second-order valence-electron chi connectivity index (χ2n) is 42.3. The Morgan fingerprint density at radius 2 is 0.432 bits per heavy atom. The predicted molar refractivity (Wildman–Crippen MR) is 570 cm³/mol. The molecular weight excluding hydrogens is 1870 g/mol. The number of nitrogens with two attached hydrogens (primary N) is 7. The smallest absolute Gasteiger partial charge is 0.322 e. The topological polar surface area (TPSA) is 681 Å². The first kappa shape index (κ1) is 129. The van der Waals surface area contributed by atoms with Crippen molar-refractivity contribution in [3.8, 4) is 0 Å². The zero-order valence-corrected chi connectivity index (χ0v) is 90.0. The number of hydrogen-bond acceptors (Lipinski definition) is 25. The van der Waals surface area contributed by atoms with Gasteiger partial charge in [-0.05, 0) is 285 Å². The van der Waals surface area contributed by atoms with Gasteiger partial charge >= 0.3 is 5.97 Å². The Morgan fingerprint density at radius 1 is 0.247 bits per heavy atom. The molecule has 2 aromatic carbocycles. The molecule has 146 heavy (non-hydrogen) atoms. The molecule has 826 valence electrons. The van der Waals surface area contributed by atoms with Crippen LogP contribution in [0.1, 0.15) is 297 Å². The minimum Gasteiger partial charge on any atom is -0.480 e. The molecule has 41 nitrogen and oxygen atoms in total. The van der Waals surface area contributed by atoms with Crippen molar-refractivity contribution >= 4 is 122 Å². The van der Waals surface area contributed by atoms with Crippen LogP contribution in [0.3, 0.4) is 0 Å². The van der Waals surface area contributed by atoms with Crippen LogP contribution in [-0.4, -0.2) is 248 Å². The Kier molecular flexibility index (Phi) is 62.8. The third-order valence-corrected chi connectivity index (χ3v) is 24.8. The van der Waals surface area contributed by atoms with E-state index in [-0.39, 0.29) is 170 Å². The lowest BCUT2D eigenvalue weighted by molar-refractivity contribution is -0.138. The molecule has 0 unspecified atom stereocenters. The Morgan fingerprint density at radius 3 is 0.637 bits per heavy atom. The first-order valence-electron chi connectivity index (χ1n) is 53.4. The first-order valence-corrected chi connectivity index (χ1v) is 53.4. The van der Waals surface area contributed by atoms with E-state index in [2.05, 4.69) is 85.1 Å². The summed E-state index contributed by atoms with van der Waals surface area (Å²) >= 11 is 0. The Hall–Kier alpha value is -10.9. The molecule has 15 amide bonds. The third kappa shape index (κ3) is 50.7. The van der Waals surface area contributed by atoms with Gasteiger partial charge in [0.2, 0.25) is 88.6 Å². The largest absolute Gasteiger partial charge is 0.480 e. The molecule has 1 aromatic heterocycles. The number of aliphatic carboxylic acids is 1. The van der Waals surface area contributed by atoms with Gasteiger partial charge in [-0.25, -0.2) is 4.98 Å². The molecule has 3 rings (SSSR count). The number of pyridine rings is 1. The number of para-hydroxylation sites is 2. The fraction of sp³-hybridized carbons (Fsp3) is 0.724. The first-order chi connectivity index (χ1) is 69.2. The van der Waals surface area contributed by atoms with Crippen molar-refractivity contribution < 1.29 is 81.8 Å². The van der Waals surface area contributed by atoms with E-state index in [1.54, 1.807) is 0 Å². The van der Waals surface area contributed by atoms with Crippen LogP contribution in [0.15, 0.2) is 48.5 Å². The van der Waals surface area contributed by atoms with Gasteiger partial charge in [-0.1, -0.05) is 147 Å². The van der Waals surface area contributed by atoms with Crippen LogP contribution in [0.2, 0.25) is 0 Å². The highest BCUT2D eigenvalue weighted by Gasteiger charge is 2.40. The zero-order chi connectivity index (χ0) is 109. The molecule has 0 aliphatic carbocycles. The average Bonchev–Trinajstić information content (AvgIpc) is 0.775. The van der Waals surface area contributed by atoms with Gasteiger partial charge in [-0.15, -0.1) is 0 Å². The monoisotopic (exact) mass is 2050 g/mol. The lowest BCUT2D eigenvalue weighted by atomic mass is 9.98. The summed E-state index contributed by atoms with van der Waals surface area (Å²) in [7, 11) is 0. The average molecular weight is 2050 g/mol. The number of unbranched alkanes of at least 4 members (excludes halogenated alkanes) is 7. The van der Waals surface area contributed by atoms with Crippen molar-refractivity contribution in [1.82, 2.24) is 84.7 Å². The van der Waals surface area contributed by atoms with E-state index in [0.29, 0.717) is 109 Å². The summed E-state index contributed by atoms with van der Waals surface area (Å²) in [6.45, 7) is 30.7. The maximum atomic E-state index is 15.0. The Bertz CT molecular complexity index is 4470. The predicted octanol–water partition coefficient (Wildman–Crippen LogP) is 4.43. The number of carboxylic acid groups (broad SMARTS) is 1. The number of aromatic nitrogens is 1. The maximum absolute atomic E-state index is 15.0. The normalized spacial score (nSPS) is 14.7. The number of nitrogens with zero attached hydrogens (tertiary/aromatic N) is 1. The van der Waals surface area contributed by atoms with Crippen LogP contribution in [0.5, 0.6) is 0 Å². The Labute approximate surface area is 865 Å². The summed E-state index contributed by atoms with van der Waals surface area (Å²) < 4.78 is 0. The molecule has 41 heteroatoms. The number of rotatable bonds is 77. The van der Waals surface area contributed by atoms with Crippen LogP contribution in [0, 0.1) is 47.3 Å². The van der Waals surface area contributed by atoms with Crippen molar-refractivity contribution in [2.45, 2.75) is 388 Å². The van der Waals surface area contributed by atoms with Gasteiger partial charge in [-0.2, -0.15) is 0 Å². The molecule has 0 saturated heterocycles. The number of benzene rings is 2. The van der Waals surface area contributed by atoms with E-state index < -0.39 is 192 Å². The molecule has 0 radical (unpaired) electrons. The number of anilines is 1. The van der Waals surface area contributed by atoms with Crippen molar-refractivity contribution in [3.63, 3.8) is 0 Å². The highest BCUT2D eigenvalue weighted by atomic mass is 16.4. The second kappa shape index (κ2) is 70.9. The standard InChI is InChI=1S/C105H184N24O17/c1-62(2)53-72(112)91(132)116-76(45-27-34-52-113-90-70-35-17-19-37-73(70)115-74-38-20-18-36-71(74)90)93(134)118-78(41-23-30-48-108)95(136)124-86(58-67(11)12)103(144)129-85(57-66(9)10)102(143)122-81(44-26-33-51-111)98(139)126-88(60-69(15)16)105(146)127-83(55-64(5)6)100(141)120-77(40-22-29-47-107)94(135)119-79(42-24-31-49-109)96(137)125-87(59-68(13)14)104(145)128-84(56-65(7)8)101(142)121-80(43-25-32-50-110)97(138)123-82(54-63(3)4)99(140)117-75(39-21-28-46-106)92(133)114-61-89(130)131/h17-20,35-38,62-69,72,75-88H,21-34,39-61,106-112H2,1-16H3,(H,113,115)(H,114,133)(H,116,132)(H,117,140)(H,118,134)(H,119,135)(H,120,141)(H,121,142)(H,122,143)(H,123,138)(H,124,136)(H,125,137)(H,126,139)(H,127,146)(H,128,145)(H,129,144)(H,130,131)/t72-,75-,76-,77-,78-,79-,80-,81-,82-,83-,84-,85-,86-,87-,88-/m0/s1. The van der Waals surface area contributed by atoms with Gasteiger partial charge < -0.3 is 130 Å². The SMILES string of the molecule is CC(C)C[C@H](NC(=O)[C@H](CCCCN)NC(=O)[C@H](CC(C)C)NC(=O)[C@H](CC(C)C)NC(=O)[C@H](CCCCN)NC(=O)[C@H](CCCCN)NC(=O)[C@H](CC(C)C)NC(=O)[C@H](CC(C)C)NC(=O)[C@H](CCCCN)NC(=O)[C@H](CC(C)C)NC(=O)[C@H](CC(C)C)NC(=O)[C@H](CCCCN)NC(=O)[C@H](CCCCNc1c2ccccc2nc2ccccc12)NC(=O)[C@@H](N)CC(C)C)C(=O)N[C@@H](CCCCN)C(=O)NCC(=O)O. The molecule has 0 saturated carbocycles. The number of carbonyl (C=O) groups is 16. The lowest BCUT2D eigenvalue weighted by Crippen LogP contribution is -2.61. The van der Waals surface area contributed by atoms with E-state index in [1.807, 2.05) is 159 Å². The van der Waals surface area contributed by atoms with Crippen molar-refractivity contribution in [3.05, 3.63) is 48.5 Å². The molecule has 0 aliphatic rings. The van der Waals surface area contributed by atoms with E-state index in [4.69, 9.17) is 45.1 Å². The fourth-order valence-electron chi connectivity index (χ4n) is 17.2. The van der Waals surface area contributed by atoms with Gasteiger partial charge in [0.15, 0.2) is 0 Å². The van der Waals surface area contributed by atoms with Gasteiger partial charge in [0.25, 0.3) is 0 Å². The van der Waals surface area contributed by atoms with Gasteiger partial charge in [-0.3, -0.25) is 76.7 Å². The quantitative estimate of drug-likeness (QED) is 0.0274. The number of carboxylic acids is 1. The molecule has 31 N–H and O–H groups in total. The van der Waals surface area contributed by atoms with Crippen LogP contribution < -0.4 is 125 Å². The molecule has 3 aromatic rings. The van der Waals surface area contributed by atoms with E-state index in [0.717, 1.165) is 27.5 Å². The van der Waals surface area contributed by atoms with Crippen molar-refractivity contribution in [2.75, 3.05) is 57.7 Å². The number of hydrogen-bond donors (Lipinski definition) is 24. The third-order valence-electron chi connectivity index (χ3n) is 24.8. The van der Waals surface area contributed by atoms with Gasteiger partial charge in [0, 0.05) is 17.3 Å². The van der Waals surface area contributed by atoms with Crippen molar-refractivity contribution in [2.24, 2.45) is 87.5 Å². The highest BCUT2D eigenvalue weighted by Crippen LogP contribution is 2.31. The number of nitrogens with one attached hydrogen (secondary N) is 16. The summed E-state index contributed by atoms with van der Waals surface area (Å²) in [6.07, 6.45) is 7.10. The lowest BCUT2D eigenvalue weighted by Gasteiger charge is -2.30. The van der Waals surface area contributed by atoms with E-state index in [1.165, 1.54) is 0 Å². The molecule has 1 heterocycles. The van der Waals surface area contributed by atoms with E-state index in [9.17, 15) is 62.6 Å². The second-order valence-corrected chi connectivity index (χ2v) is 42.3. The molecule has 0 bridgehead atoms. The number of amides is 15. The Balaban J connectivity index is 1.97. The molecular formula is C105H184N24O17. The summed E-state index contributed by atoms with van der Waals surface area (Å²) in [5.41, 5.74) is 44.5. The minimum absolute atomic E-state index is 0.00698. The fourth-order valence-corrected chi connectivity index (χ4v) is 17.2. The molecule has 15 atom stereocenters. The van der Waals surface area contributed by atoms with Crippen LogP contribution in [0.25, 0.3) is 21.8 Å². The van der Waals surface area contributed by atoms with Crippen LogP contribution in [-0.2, 0) is 76.7 Å². The summed E-state index contributed by atoms with van der Waals surface area (Å²) in [5.74, 6) is -13.9. The van der Waals surface area contributed by atoms with Crippen LogP contribution in [0.4, 0.5) is 5.69 Å². The van der Waals surface area contributed by atoms with Gasteiger partial charge in [0.1, 0.15) is 91.1 Å². The number of fused-ring (bicyclic) bond motifs is 2. The molecule has 0 aliphatic heterocycles. The summed E-state index contributed by atoms with van der Waals surface area (Å²) in [6, 6.07) is -3.11. The number of carbonyl (C=O) groups excluding carboxylic acids is 15. The minimum atomic E-state index is -1.35. The summed E-state index contributed by atoms with van der Waals surface area (Å²) in [4.78, 5) is 236. The zero-order valence-electron chi connectivity index (χ0n) is 90.0. The highest BCUT2D eigenvalue weighted by molar-refractivity contribution is 6.08.